The Morgan fingerprint density at radius 1 is 0.929 bits per heavy atom. The number of aromatic nitrogens is 2. The summed E-state index contributed by atoms with van der Waals surface area (Å²) in [7, 11) is 0. The maximum atomic E-state index is 13.8. The molecule has 28 heavy (non-hydrogen) atoms. The van der Waals surface area contributed by atoms with Crippen molar-refractivity contribution in [2.75, 3.05) is 49.1 Å². The summed E-state index contributed by atoms with van der Waals surface area (Å²) in [4.78, 5) is 28.3. The van der Waals surface area contributed by atoms with Crippen LogP contribution < -0.4 is 9.80 Å². The highest BCUT2D eigenvalue weighted by Gasteiger charge is 2.25. The van der Waals surface area contributed by atoms with Crippen LogP contribution in [0.5, 0.6) is 0 Å². The van der Waals surface area contributed by atoms with Crippen LogP contribution >= 0.6 is 0 Å². The van der Waals surface area contributed by atoms with E-state index in [9.17, 15) is 9.18 Å². The van der Waals surface area contributed by atoms with E-state index in [2.05, 4.69) is 14.8 Å². The van der Waals surface area contributed by atoms with Crippen LogP contribution in [0.15, 0.2) is 24.3 Å². The van der Waals surface area contributed by atoms with Crippen molar-refractivity contribution in [1.29, 1.82) is 0 Å². The van der Waals surface area contributed by atoms with Crippen molar-refractivity contribution in [3.63, 3.8) is 0 Å². The Balaban J connectivity index is 1.44. The Morgan fingerprint density at radius 3 is 2.32 bits per heavy atom. The van der Waals surface area contributed by atoms with E-state index in [-0.39, 0.29) is 11.7 Å². The SMILES string of the molecule is Cc1cc(N2CCCC2)nc(N2CCN(C(=O)c3ccc(C)c(F)c3)CC2)n1. The molecule has 3 heterocycles. The minimum atomic E-state index is -0.341. The van der Waals surface area contributed by atoms with E-state index in [1.165, 1.54) is 18.9 Å². The van der Waals surface area contributed by atoms with Gasteiger partial charge in [0.1, 0.15) is 11.6 Å². The highest BCUT2D eigenvalue weighted by Crippen LogP contribution is 2.22. The summed E-state index contributed by atoms with van der Waals surface area (Å²) in [5.74, 6) is 1.26. The predicted molar refractivity (Wildman–Crippen MR) is 107 cm³/mol. The first-order chi connectivity index (χ1) is 13.5. The second-order valence-electron chi connectivity index (χ2n) is 7.60. The fourth-order valence-corrected chi connectivity index (χ4v) is 3.80. The van der Waals surface area contributed by atoms with Gasteiger partial charge >= 0.3 is 0 Å². The average molecular weight is 383 g/mol. The second kappa shape index (κ2) is 7.73. The smallest absolute Gasteiger partial charge is 0.254 e. The quantitative estimate of drug-likeness (QED) is 0.816. The number of carbonyl (C=O) groups excluding carboxylic acids is 1. The molecule has 1 aromatic heterocycles. The molecule has 148 valence electrons. The molecule has 2 aliphatic heterocycles. The van der Waals surface area contributed by atoms with Crippen LogP contribution in [0.2, 0.25) is 0 Å². The Morgan fingerprint density at radius 2 is 1.64 bits per heavy atom. The maximum Gasteiger partial charge on any atom is 0.254 e. The molecule has 2 aromatic rings. The monoisotopic (exact) mass is 383 g/mol. The summed E-state index contributed by atoms with van der Waals surface area (Å²) >= 11 is 0. The van der Waals surface area contributed by atoms with E-state index < -0.39 is 0 Å². The van der Waals surface area contributed by atoms with E-state index in [0.717, 1.165) is 30.5 Å². The van der Waals surface area contributed by atoms with Crippen LogP contribution in [0, 0.1) is 19.7 Å². The van der Waals surface area contributed by atoms with Crippen molar-refractivity contribution in [2.24, 2.45) is 0 Å². The summed E-state index contributed by atoms with van der Waals surface area (Å²) in [6.45, 7) is 8.27. The van der Waals surface area contributed by atoms with Crippen molar-refractivity contribution < 1.29 is 9.18 Å². The van der Waals surface area contributed by atoms with Crippen molar-refractivity contribution in [3.05, 3.63) is 46.9 Å². The number of benzene rings is 1. The van der Waals surface area contributed by atoms with Crippen molar-refractivity contribution in [1.82, 2.24) is 14.9 Å². The molecule has 0 saturated carbocycles. The summed E-state index contributed by atoms with van der Waals surface area (Å²) < 4.78 is 13.8. The lowest BCUT2D eigenvalue weighted by Gasteiger charge is -2.35. The van der Waals surface area contributed by atoms with Gasteiger partial charge in [-0.25, -0.2) is 9.37 Å². The largest absolute Gasteiger partial charge is 0.356 e. The van der Waals surface area contributed by atoms with Crippen LogP contribution in [0.3, 0.4) is 0 Å². The number of amides is 1. The van der Waals surface area contributed by atoms with Gasteiger partial charge in [0.25, 0.3) is 5.91 Å². The Bertz CT molecular complexity index is 873. The van der Waals surface area contributed by atoms with Gasteiger partial charge in [0.2, 0.25) is 5.95 Å². The van der Waals surface area contributed by atoms with E-state index in [1.807, 2.05) is 13.0 Å². The van der Waals surface area contributed by atoms with Gasteiger partial charge in [0.05, 0.1) is 0 Å². The predicted octanol–water partition coefficient (Wildman–Crippen LogP) is 2.80. The lowest BCUT2D eigenvalue weighted by molar-refractivity contribution is 0.0745. The summed E-state index contributed by atoms with van der Waals surface area (Å²) in [6.07, 6.45) is 2.41. The molecule has 4 rings (SSSR count). The molecule has 6 nitrogen and oxygen atoms in total. The third-order valence-electron chi connectivity index (χ3n) is 5.53. The van der Waals surface area contributed by atoms with Gasteiger partial charge in [0.15, 0.2) is 0 Å². The molecule has 2 aliphatic rings. The molecule has 1 amide bonds. The van der Waals surface area contributed by atoms with Gasteiger partial charge in [-0.1, -0.05) is 6.07 Å². The Kier molecular flexibility index (Phi) is 5.15. The molecule has 2 fully saturated rings. The first-order valence-corrected chi connectivity index (χ1v) is 9.92. The third-order valence-corrected chi connectivity index (χ3v) is 5.53. The number of nitrogens with zero attached hydrogens (tertiary/aromatic N) is 5. The van der Waals surface area contributed by atoms with E-state index >= 15 is 0 Å². The van der Waals surface area contributed by atoms with Gasteiger partial charge in [-0.15, -0.1) is 0 Å². The molecule has 1 aromatic carbocycles. The first kappa shape index (κ1) is 18.7. The average Bonchev–Trinajstić information content (AvgIpc) is 3.24. The summed E-state index contributed by atoms with van der Waals surface area (Å²) in [5.41, 5.74) is 1.91. The number of aryl methyl sites for hydroxylation is 2. The van der Waals surface area contributed by atoms with Gasteiger partial charge in [-0.05, 0) is 44.4 Å². The molecule has 0 unspecified atom stereocenters. The van der Waals surface area contributed by atoms with Crippen LogP contribution in [0.1, 0.15) is 34.5 Å². The molecule has 0 atom stereocenters. The van der Waals surface area contributed by atoms with E-state index in [0.29, 0.717) is 37.3 Å². The topological polar surface area (TPSA) is 52.6 Å². The molecule has 0 spiro atoms. The number of rotatable bonds is 3. The van der Waals surface area contributed by atoms with Crippen LogP contribution in [-0.4, -0.2) is 60.0 Å². The minimum absolute atomic E-state index is 0.124. The molecular formula is C21H26FN5O. The zero-order valence-electron chi connectivity index (χ0n) is 16.5. The molecule has 0 N–H and O–H groups in total. The van der Waals surface area contributed by atoms with Gasteiger partial charge in [-0.2, -0.15) is 4.98 Å². The highest BCUT2D eigenvalue weighted by molar-refractivity contribution is 5.94. The zero-order valence-corrected chi connectivity index (χ0v) is 16.5. The second-order valence-corrected chi connectivity index (χ2v) is 7.60. The molecule has 0 bridgehead atoms. The molecule has 7 heteroatoms. The van der Waals surface area contributed by atoms with Crippen LogP contribution in [0.25, 0.3) is 0 Å². The van der Waals surface area contributed by atoms with E-state index in [1.54, 1.807) is 24.0 Å². The molecule has 2 saturated heterocycles. The number of carbonyl (C=O) groups is 1. The number of anilines is 2. The van der Waals surface area contributed by atoms with Gasteiger partial charge < -0.3 is 14.7 Å². The summed E-state index contributed by atoms with van der Waals surface area (Å²) in [5, 5.41) is 0. The standard InChI is InChI=1S/C21H26FN5O/c1-15-5-6-17(14-18(15)22)20(28)26-9-11-27(12-10-26)21-23-16(2)13-19(24-21)25-7-3-4-8-25/h5-6,13-14H,3-4,7-12H2,1-2H3. The maximum absolute atomic E-state index is 13.8. The minimum Gasteiger partial charge on any atom is -0.356 e. The molecular weight excluding hydrogens is 357 g/mol. The Labute approximate surface area is 165 Å². The van der Waals surface area contributed by atoms with Crippen molar-refractivity contribution in [2.45, 2.75) is 26.7 Å². The zero-order chi connectivity index (χ0) is 19.7. The van der Waals surface area contributed by atoms with Gasteiger partial charge in [-0.3, -0.25) is 4.79 Å². The molecule has 0 aliphatic carbocycles. The van der Waals surface area contributed by atoms with Crippen molar-refractivity contribution >= 4 is 17.7 Å². The number of halogens is 1. The van der Waals surface area contributed by atoms with Crippen LogP contribution in [0.4, 0.5) is 16.2 Å². The lowest BCUT2D eigenvalue weighted by atomic mass is 10.1. The molecule has 0 radical (unpaired) electrons. The van der Waals surface area contributed by atoms with Crippen molar-refractivity contribution in [3.8, 4) is 0 Å². The fraction of sp³-hybridized carbons (Fsp3) is 0.476. The third kappa shape index (κ3) is 3.79. The Hall–Kier alpha value is -2.70. The van der Waals surface area contributed by atoms with Gasteiger partial charge in [0, 0.05) is 56.6 Å². The van der Waals surface area contributed by atoms with Crippen LogP contribution in [-0.2, 0) is 0 Å². The number of piperazine rings is 1. The highest BCUT2D eigenvalue weighted by atomic mass is 19.1. The fourth-order valence-electron chi connectivity index (χ4n) is 3.80. The first-order valence-electron chi connectivity index (χ1n) is 9.92. The normalized spacial score (nSPS) is 17.3. The number of hydrogen-bond acceptors (Lipinski definition) is 5. The van der Waals surface area contributed by atoms with E-state index in [4.69, 9.17) is 4.98 Å². The summed E-state index contributed by atoms with van der Waals surface area (Å²) in [6, 6.07) is 6.72. The number of hydrogen-bond donors (Lipinski definition) is 0. The lowest BCUT2D eigenvalue weighted by Crippen LogP contribution is -2.49.